The average Bonchev–Trinajstić information content (AvgIpc) is 2.62. The van der Waals surface area contributed by atoms with Gasteiger partial charge in [-0.3, -0.25) is 4.79 Å². The number of nitriles is 1. The first-order valence-electron chi connectivity index (χ1n) is 8.44. The standard InChI is InChI=1S/C19H26N4O/c1-22(2)17-11-9-16(10-12-17)21-14-15(13-20)19(24)23(3)18-7-5-4-6-8-18/h9-12,14,18,21H,4-8H2,1-3H3/b15-14-. The second kappa shape index (κ2) is 8.39. The van der Waals surface area contributed by atoms with Crippen LogP contribution in [0.1, 0.15) is 32.1 Å². The van der Waals surface area contributed by atoms with Crippen LogP contribution in [0.25, 0.3) is 0 Å². The lowest BCUT2D eigenvalue weighted by Crippen LogP contribution is -2.39. The summed E-state index contributed by atoms with van der Waals surface area (Å²) >= 11 is 0. The molecule has 1 N–H and O–H groups in total. The summed E-state index contributed by atoms with van der Waals surface area (Å²) in [5.41, 5.74) is 2.08. The van der Waals surface area contributed by atoms with Gasteiger partial charge in [-0.1, -0.05) is 19.3 Å². The SMILES string of the molecule is CN(C)c1ccc(N/C=C(/C#N)C(=O)N(C)C2CCCCC2)cc1. The van der Waals surface area contributed by atoms with E-state index in [0.717, 1.165) is 37.1 Å². The van der Waals surface area contributed by atoms with Gasteiger partial charge in [0.05, 0.1) is 0 Å². The Morgan fingerprint density at radius 1 is 1.17 bits per heavy atom. The molecule has 1 aliphatic carbocycles. The first-order valence-corrected chi connectivity index (χ1v) is 8.44. The summed E-state index contributed by atoms with van der Waals surface area (Å²) in [5, 5.41) is 12.4. The summed E-state index contributed by atoms with van der Waals surface area (Å²) in [6.07, 6.45) is 7.12. The van der Waals surface area contributed by atoms with Gasteiger partial charge < -0.3 is 15.1 Å². The third-order valence-corrected chi connectivity index (χ3v) is 4.56. The molecule has 0 atom stereocenters. The predicted octanol–water partition coefficient (Wildman–Crippen LogP) is 3.36. The molecule has 1 aromatic rings. The van der Waals surface area contributed by atoms with Crippen LogP contribution >= 0.6 is 0 Å². The summed E-state index contributed by atoms with van der Waals surface area (Å²) in [7, 11) is 5.77. The van der Waals surface area contributed by atoms with Crippen molar-refractivity contribution in [3.8, 4) is 6.07 Å². The van der Waals surface area contributed by atoms with Crippen LogP contribution in [0.5, 0.6) is 0 Å². The van der Waals surface area contributed by atoms with Crippen LogP contribution in [-0.2, 0) is 4.79 Å². The van der Waals surface area contributed by atoms with Crippen LogP contribution < -0.4 is 10.2 Å². The van der Waals surface area contributed by atoms with Gasteiger partial charge in [-0.15, -0.1) is 0 Å². The number of hydrogen-bond donors (Lipinski definition) is 1. The van der Waals surface area contributed by atoms with Crippen molar-refractivity contribution in [2.75, 3.05) is 31.4 Å². The zero-order valence-corrected chi connectivity index (χ0v) is 14.7. The first-order chi connectivity index (χ1) is 11.5. The minimum atomic E-state index is -0.207. The Kier molecular flexibility index (Phi) is 6.25. The van der Waals surface area contributed by atoms with Gasteiger partial charge in [0, 0.05) is 44.8 Å². The Bertz CT molecular complexity index is 622. The molecular formula is C19H26N4O. The van der Waals surface area contributed by atoms with Gasteiger partial charge in [0.25, 0.3) is 5.91 Å². The van der Waals surface area contributed by atoms with E-state index < -0.39 is 0 Å². The van der Waals surface area contributed by atoms with Crippen LogP contribution in [0.4, 0.5) is 11.4 Å². The molecule has 0 heterocycles. The molecule has 1 aliphatic rings. The van der Waals surface area contributed by atoms with Crippen molar-refractivity contribution >= 4 is 17.3 Å². The van der Waals surface area contributed by atoms with E-state index in [0.29, 0.717) is 0 Å². The molecule has 1 fully saturated rings. The maximum absolute atomic E-state index is 12.5. The number of benzene rings is 1. The lowest BCUT2D eigenvalue weighted by molar-refractivity contribution is -0.128. The molecule has 0 aromatic heterocycles. The minimum absolute atomic E-state index is 0.139. The maximum atomic E-state index is 12.5. The smallest absolute Gasteiger partial charge is 0.266 e. The lowest BCUT2D eigenvalue weighted by atomic mass is 9.94. The highest BCUT2D eigenvalue weighted by atomic mass is 16.2. The molecule has 0 saturated heterocycles. The highest BCUT2D eigenvalue weighted by Crippen LogP contribution is 2.23. The molecule has 1 saturated carbocycles. The third-order valence-electron chi connectivity index (χ3n) is 4.56. The van der Waals surface area contributed by atoms with Crippen LogP contribution in [0.3, 0.4) is 0 Å². The molecular weight excluding hydrogens is 300 g/mol. The zero-order chi connectivity index (χ0) is 17.5. The summed E-state index contributed by atoms with van der Waals surface area (Å²) in [6.45, 7) is 0. The van der Waals surface area contributed by atoms with Gasteiger partial charge in [-0.2, -0.15) is 5.26 Å². The van der Waals surface area contributed by atoms with Crippen molar-refractivity contribution in [2.45, 2.75) is 38.1 Å². The van der Waals surface area contributed by atoms with Gasteiger partial charge in [0.2, 0.25) is 0 Å². The topological polar surface area (TPSA) is 59.4 Å². The molecule has 0 bridgehead atoms. The van der Waals surface area contributed by atoms with E-state index in [2.05, 4.69) is 5.32 Å². The number of hydrogen-bond acceptors (Lipinski definition) is 4. The fourth-order valence-corrected chi connectivity index (χ4v) is 2.98. The van der Waals surface area contributed by atoms with E-state index in [1.54, 1.807) is 11.9 Å². The van der Waals surface area contributed by atoms with Crippen LogP contribution in [0.15, 0.2) is 36.0 Å². The molecule has 0 aliphatic heterocycles. The Hall–Kier alpha value is -2.48. The Balaban J connectivity index is 2.02. The van der Waals surface area contributed by atoms with E-state index >= 15 is 0 Å². The molecule has 0 radical (unpaired) electrons. The number of likely N-dealkylation sites (N-methyl/N-ethyl adjacent to an activating group) is 1. The normalized spacial score (nSPS) is 15.5. The molecule has 1 aromatic carbocycles. The van der Waals surface area contributed by atoms with Gasteiger partial charge in [0.1, 0.15) is 11.6 Å². The number of carbonyl (C=O) groups is 1. The first kappa shape index (κ1) is 17.9. The lowest BCUT2D eigenvalue weighted by Gasteiger charge is -2.31. The minimum Gasteiger partial charge on any atom is -0.378 e. The average molecular weight is 326 g/mol. The second-order valence-corrected chi connectivity index (χ2v) is 6.46. The number of carbonyl (C=O) groups excluding carboxylic acids is 1. The quantitative estimate of drug-likeness (QED) is 0.666. The molecule has 0 unspecified atom stereocenters. The maximum Gasteiger partial charge on any atom is 0.266 e. The van der Waals surface area contributed by atoms with Crippen molar-refractivity contribution in [3.63, 3.8) is 0 Å². The Morgan fingerprint density at radius 2 is 1.79 bits per heavy atom. The van der Waals surface area contributed by atoms with Gasteiger partial charge in [-0.25, -0.2) is 0 Å². The van der Waals surface area contributed by atoms with Crippen LogP contribution in [0.2, 0.25) is 0 Å². The van der Waals surface area contributed by atoms with E-state index in [9.17, 15) is 10.1 Å². The van der Waals surface area contributed by atoms with Crippen LogP contribution in [-0.4, -0.2) is 38.0 Å². The number of nitrogens with zero attached hydrogens (tertiary/aromatic N) is 3. The number of anilines is 2. The number of rotatable bonds is 5. The monoisotopic (exact) mass is 326 g/mol. The van der Waals surface area contributed by atoms with E-state index in [-0.39, 0.29) is 17.5 Å². The summed E-state index contributed by atoms with van der Waals surface area (Å²) in [5.74, 6) is -0.207. The van der Waals surface area contributed by atoms with Gasteiger partial charge in [0.15, 0.2) is 0 Å². The van der Waals surface area contributed by atoms with Crippen molar-refractivity contribution in [1.29, 1.82) is 5.26 Å². The predicted molar refractivity (Wildman–Crippen MR) is 97.7 cm³/mol. The molecule has 5 nitrogen and oxygen atoms in total. The summed E-state index contributed by atoms with van der Waals surface area (Å²) in [4.78, 5) is 16.3. The largest absolute Gasteiger partial charge is 0.378 e. The molecule has 0 spiro atoms. The molecule has 128 valence electrons. The molecule has 1 amide bonds. The van der Waals surface area contributed by atoms with Gasteiger partial charge in [-0.05, 0) is 37.1 Å². The van der Waals surface area contributed by atoms with Gasteiger partial charge >= 0.3 is 0 Å². The Labute approximate surface area is 144 Å². The van der Waals surface area contributed by atoms with Crippen molar-refractivity contribution in [3.05, 3.63) is 36.0 Å². The second-order valence-electron chi connectivity index (χ2n) is 6.46. The number of nitrogens with one attached hydrogen (secondary N) is 1. The van der Waals surface area contributed by atoms with E-state index in [4.69, 9.17) is 0 Å². The summed E-state index contributed by atoms with van der Waals surface area (Å²) in [6, 6.07) is 10.1. The van der Waals surface area contributed by atoms with Crippen molar-refractivity contribution in [1.82, 2.24) is 4.90 Å². The summed E-state index contributed by atoms with van der Waals surface area (Å²) < 4.78 is 0. The fraction of sp³-hybridized carbons (Fsp3) is 0.474. The molecule has 2 rings (SSSR count). The molecule has 24 heavy (non-hydrogen) atoms. The highest BCUT2D eigenvalue weighted by molar-refractivity contribution is 5.97. The van der Waals surface area contributed by atoms with Crippen molar-refractivity contribution in [2.24, 2.45) is 0 Å². The highest BCUT2D eigenvalue weighted by Gasteiger charge is 2.24. The van der Waals surface area contributed by atoms with E-state index in [1.807, 2.05) is 49.3 Å². The Morgan fingerprint density at radius 3 is 2.33 bits per heavy atom. The molecule has 5 heteroatoms. The zero-order valence-electron chi connectivity index (χ0n) is 14.7. The van der Waals surface area contributed by atoms with Crippen molar-refractivity contribution < 1.29 is 4.79 Å². The third kappa shape index (κ3) is 4.51. The van der Waals surface area contributed by atoms with E-state index in [1.165, 1.54) is 12.6 Å². The fourth-order valence-electron chi connectivity index (χ4n) is 2.98. The van der Waals surface area contributed by atoms with Crippen LogP contribution in [0, 0.1) is 11.3 Å². The number of amides is 1.